The normalized spacial score (nSPS) is 28.0. The molecular weight excluding hydrogens is 272 g/mol. The smallest absolute Gasteiger partial charge is 0.0665 e. The molecule has 1 aromatic carbocycles. The molecule has 4 heteroatoms. The number of hydrogen-bond donors (Lipinski definition) is 2. The maximum Gasteiger partial charge on any atom is 0.0665 e. The van der Waals surface area contributed by atoms with E-state index in [1.165, 1.54) is 34.1 Å². The van der Waals surface area contributed by atoms with Crippen LogP contribution < -0.4 is 0 Å². The Bertz CT molecular complexity index is 817. The van der Waals surface area contributed by atoms with E-state index in [2.05, 4.69) is 57.6 Å². The Morgan fingerprint density at radius 3 is 3.09 bits per heavy atom. The molecular formula is C18H20N4. The molecule has 2 aromatic heterocycles. The van der Waals surface area contributed by atoms with E-state index in [0.717, 1.165) is 13.0 Å². The molecule has 1 aliphatic carbocycles. The van der Waals surface area contributed by atoms with E-state index in [-0.39, 0.29) is 0 Å². The number of aromatic amines is 2. The quantitative estimate of drug-likeness (QED) is 0.724. The van der Waals surface area contributed by atoms with Crippen molar-refractivity contribution in [3.8, 4) is 0 Å². The number of likely N-dealkylation sites (N-methyl/N-ethyl adjacent to an activating group) is 1. The third-order valence-electron chi connectivity index (χ3n) is 5.67. The van der Waals surface area contributed by atoms with E-state index < -0.39 is 0 Å². The lowest BCUT2D eigenvalue weighted by atomic mass is 9.72. The molecule has 3 atom stereocenters. The van der Waals surface area contributed by atoms with Gasteiger partial charge in [0, 0.05) is 47.7 Å². The van der Waals surface area contributed by atoms with Crippen LogP contribution in [0.5, 0.6) is 0 Å². The van der Waals surface area contributed by atoms with E-state index in [4.69, 9.17) is 0 Å². The van der Waals surface area contributed by atoms with Crippen LogP contribution in [-0.4, -0.2) is 39.7 Å². The lowest BCUT2D eigenvalue weighted by molar-refractivity contribution is 0.138. The van der Waals surface area contributed by atoms with Crippen LogP contribution in [0.15, 0.2) is 36.7 Å². The molecule has 3 aromatic rings. The maximum atomic E-state index is 4.44. The first kappa shape index (κ1) is 12.5. The fourth-order valence-electron chi connectivity index (χ4n) is 4.66. The summed E-state index contributed by atoms with van der Waals surface area (Å²) in [7, 11) is 2.27. The number of hydrogen-bond acceptors (Lipinski definition) is 2. The number of fused-ring (bicyclic) bond motifs is 2. The summed E-state index contributed by atoms with van der Waals surface area (Å²) in [5, 5.41) is 8.88. The van der Waals surface area contributed by atoms with Gasteiger partial charge in [0.1, 0.15) is 0 Å². The van der Waals surface area contributed by atoms with E-state index in [1.807, 2.05) is 6.20 Å². The van der Waals surface area contributed by atoms with Gasteiger partial charge in [0.2, 0.25) is 0 Å². The summed E-state index contributed by atoms with van der Waals surface area (Å²) in [6.07, 6.45) is 6.50. The zero-order valence-corrected chi connectivity index (χ0v) is 12.7. The van der Waals surface area contributed by atoms with Crippen molar-refractivity contribution >= 4 is 10.9 Å². The Hall–Kier alpha value is -2.07. The number of likely N-dealkylation sites (tertiary alicyclic amines) is 1. The Kier molecular flexibility index (Phi) is 2.53. The van der Waals surface area contributed by atoms with Gasteiger partial charge in [-0.3, -0.25) is 5.10 Å². The van der Waals surface area contributed by atoms with Crippen molar-refractivity contribution < 1.29 is 0 Å². The van der Waals surface area contributed by atoms with Gasteiger partial charge in [0.15, 0.2) is 0 Å². The molecule has 0 amide bonds. The Morgan fingerprint density at radius 1 is 1.27 bits per heavy atom. The van der Waals surface area contributed by atoms with Gasteiger partial charge in [-0.1, -0.05) is 12.1 Å². The van der Waals surface area contributed by atoms with Crippen LogP contribution in [0, 0.1) is 0 Å². The predicted molar refractivity (Wildman–Crippen MR) is 87.1 cm³/mol. The molecule has 2 N–H and O–H groups in total. The summed E-state index contributed by atoms with van der Waals surface area (Å²) < 4.78 is 0. The molecule has 0 saturated carbocycles. The fourth-order valence-corrected chi connectivity index (χ4v) is 4.66. The van der Waals surface area contributed by atoms with Crippen molar-refractivity contribution in [2.75, 3.05) is 13.6 Å². The molecule has 2 aliphatic rings. The number of rotatable bonds is 1. The summed E-state index contributed by atoms with van der Waals surface area (Å²) in [6.45, 7) is 1.10. The second-order valence-corrected chi connectivity index (χ2v) is 6.83. The van der Waals surface area contributed by atoms with Crippen LogP contribution in [0.2, 0.25) is 0 Å². The van der Waals surface area contributed by atoms with Crippen molar-refractivity contribution in [1.29, 1.82) is 0 Å². The zero-order valence-electron chi connectivity index (χ0n) is 12.7. The molecule has 1 saturated heterocycles. The SMILES string of the molecule is CN1C[C@H](c2cc[nH]n2)C[C@@H]2c3cccc4[nH]cc(c34)C[C@H]21. The lowest BCUT2D eigenvalue weighted by Gasteiger charge is -2.45. The second-order valence-electron chi connectivity index (χ2n) is 6.83. The number of benzene rings is 1. The van der Waals surface area contributed by atoms with E-state index in [1.54, 1.807) is 0 Å². The molecule has 0 radical (unpaired) electrons. The highest BCUT2D eigenvalue weighted by Gasteiger charge is 2.40. The van der Waals surface area contributed by atoms with E-state index in [9.17, 15) is 0 Å². The lowest BCUT2D eigenvalue weighted by Crippen LogP contribution is -2.47. The summed E-state index contributed by atoms with van der Waals surface area (Å²) in [4.78, 5) is 5.99. The average Bonchev–Trinajstić information content (AvgIpc) is 3.19. The van der Waals surface area contributed by atoms with Gasteiger partial charge in [-0.25, -0.2) is 0 Å². The average molecular weight is 292 g/mol. The molecule has 1 fully saturated rings. The van der Waals surface area contributed by atoms with Crippen molar-refractivity contribution in [2.45, 2.75) is 30.7 Å². The molecule has 3 heterocycles. The van der Waals surface area contributed by atoms with Gasteiger partial charge in [-0.05, 0) is 43.1 Å². The molecule has 1 aliphatic heterocycles. The number of aromatic nitrogens is 3. The van der Waals surface area contributed by atoms with Gasteiger partial charge in [0.05, 0.1) is 5.69 Å². The van der Waals surface area contributed by atoms with Crippen LogP contribution >= 0.6 is 0 Å². The minimum atomic E-state index is 0.522. The molecule has 0 bridgehead atoms. The minimum Gasteiger partial charge on any atom is -0.361 e. The number of H-pyrrole nitrogens is 2. The zero-order chi connectivity index (χ0) is 14.7. The number of nitrogens with zero attached hydrogens (tertiary/aromatic N) is 2. The molecule has 5 rings (SSSR count). The molecule has 22 heavy (non-hydrogen) atoms. The van der Waals surface area contributed by atoms with Gasteiger partial charge < -0.3 is 9.88 Å². The first-order chi connectivity index (χ1) is 10.8. The van der Waals surface area contributed by atoms with Gasteiger partial charge in [0.25, 0.3) is 0 Å². The summed E-state index contributed by atoms with van der Waals surface area (Å²) in [5.41, 5.74) is 5.50. The first-order valence-corrected chi connectivity index (χ1v) is 8.10. The van der Waals surface area contributed by atoms with Crippen molar-refractivity contribution in [3.05, 3.63) is 53.5 Å². The first-order valence-electron chi connectivity index (χ1n) is 8.10. The van der Waals surface area contributed by atoms with Crippen LogP contribution in [0.4, 0.5) is 0 Å². The summed E-state index contributed by atoms with van der Waals surface area (Å²) >= 11 is 0. The second kappa shape index (κ2) is 4.46. The third-order valence-corrected chi connectivity index (χ3v) is 5.67. The molecule has 0 spiro atoms. The molecule has 4 nitrogen and oxygen atoms in total. The van der Waals surface area contributed by atoms with Gasteiger partial charge >= 0.3 is 0 Å². The maximum absolute atomic E-state index is 4.44. The highest BCUT2D eigenvalue weighted by atomic mass is 15.2. The van der Waals surface area contributed by atoms with E-state index in [0.29, 0.717) is 17.9 Å². The van der Waals surface area contributed by atoms with Crippen LogP contribution in [0.25, 0.3) is 10.9 Å². The highest BCUT2D eigenvalue weighted by Crippen LogP contribution is 2.46. The van der Waals surface area contributed by atoms with Crippen molar-refractivity contribution in [2.24, 2.45) is 0 Å². The topological polar surface area (TPSA) is 47.7 Å². The standard InChI is InChI=1S/C18H20N4/c1-22-10-12(15-5-6-20-21-15)7-14-13-3-2-4-16-18(13)11(9-19-16)8-17(14)22/h2-6,9,12,14,17,19H,7-8,10H2,1H3,(H,20,21)/t12-,14-,17-/m1/s1. The predicted octanol–water partition coefficient (Wildman–Crippen LogP) is 3.02. The Balaban J connectivity index is 1.62. The summed E-state index contributed by atoms with van der Waals surface area (Å²) in [6, 6.07) is 9.46. The highest BCUT2D eigenvalue weighted by molar-refractivity contribution is 5.88. The minimum absolute atomic E-state index is 0.522. The Labute approximate surface area is 129 Å². The monoisotopic (exact) mass is 292 g/mol. The fraction of sp³-hybridized carbons (Fsp3) is 0.389. The third kappa shape index (κ3) is 1.64. The van der Waals surface area contributed by atoms with Crippen LogP contribution in [0.3, 0.4) is 0 Å². The van der Waals surface area contributed by atoms with Crippen molar-refractivity contribution in [3.63, 3.8) is 0 Å². The van der Waals surface area contributed by atoms with Gasteiger partial charge in [-0.15, -0.1) is 0 Å². The number of piperidine rings is 1. The number of nitrogens with one attached hydrogen (secondary N) is 2. The van der Waals surface area contributed by atoms with Gasteiger partial charge in [-0.2, -0.15) is 5.10 Å². The van der Waals surface area contributed by atoms with Crippen LogP contribution in [-0.2, 0) is 6.42 Å². The van der Waals surface area contributed by atoms with Crippen molar-refractivity contribution in [1.82, 2.24) is 20.1 Å². The largest absolute Gasteiger partial charge is 0.361 e. The summed E-state index contributed by atoms with van der Waals surface area (Å²) in [5.74, 6) is 1.13. The van der Waals surface area contributed by atoms with Crippen LogP contribution in [0.1, 0.15) is 35.1 Å². The Morgan fingerprint density at radius 2 is 2.23 bits per heavy atom. The molecule has 112 valence electrons. The molecule has 0 unspecified atom stereocenters. The van der Waals surface area contributed by atoms with E-state index >= 15 is 0 Å².